The van der Waals surface area contributed by atoms with E-state index in [-0.39, 0.29) is 5.69 Å². The first-order valence-corrected chi connectivity index (χ1v) is 6.02. The van der Waals surface area contributed by atoms with Crippen LogP contribution in [0.5, 0.6) is 0 Å². The van der Waals surface area contributed by atoms with Gasteiger partial charge in [-0.1, -0.05) is 11.8 Å². The Morgan fingerprint density at radius 2 is 2.12 bits per heavy atom. The zero-order chi connectivity index (χ0) is 12.1. The minimum Gasteiger partial charge on any atom is -0.271 e. The molecule has 0 heterocycles. The number of halogens is 3. The van der Waals surface area contributed by atoms with Gasteiger partial charge in [0.05, 0.1) is 5.69 Å². The first-order chi connectivity index (χ1) is 7.58. The Morgan fingerprint density at radius 1 is 1.50 bits per heavy atom. The molecule has 0 saturated carbocycles. The molecule has 0 aliphatic heterocycles. The van der Waals surface area contributed by atoms with Crippen LogP contribution in [0, 0.1) is 23.1 Å². The number of rotatable bonds is 1. The van der Waals surface area contributed by atoms with Gasteiger partial charge in [0.2, 0.25) is 0 Å². The smallest absolute Gasteiger partial charge is 0.183 e. The van der Waals surface area contributed by atoms with Crippen LogP contribution in [-0.4, -0.2) is 11.4 Å². The molecule has 3 nitrogen and oxygen atoms in total. The number of nitrogens with one attached hydrogen (secondary N) is 1. The van der Waals surface area contributed by atoms with Crippen LogP contribution >= 0.6 is 27.7 Å². The molecule has 0 bridgehead atoms. The summed E-state index contributed by atoms with van der Waals surface area (Å²) in [5.41, 5.74) is 0.214. The molecule has 0 fully saturated rings. The molecular formula is C9H6BrF2N3S. The van der Waals surface area contributed by atoms with Gasteiger partial charge in [-0.05, 0) is 28.3 Å². The molecule has 1 aromatic rings. The lowest BCUT2D eigenvalue weighted by molar-refractivity contribution is 0.508. The van der Waals surface area contributed by atoms with E-state index in [4.69, 9.17) is 5.26 Å². The topological polar surface area (TPSA) is 48.2 Å². The average Bonchev–Trinajstić information content (AvgIpc) is 2.25. The number of nitriles is 1. The number of benzene rings is 1. The molecule has 0 amide bonds. The van der Waals surface area contributed by atoms with Crippen molar-refractivity contribution in [3.05, 3.63) is 28.2 Å². The Morgan fingerprint density at radius 3 is 2.69 bits per heavy atom. The predicted octanol–water partition coefficient (Wildman–Crippen LogP) is 3.15. The number of amidine groups is 1. The highest BCUT2D eigenvalue weighted by Crippen LogP contribution is 2.28. The first kappa shape index (κ1) is 12.9. The molecule has 0 saturated heterocycles. The molecule has 1 rings (SSSR count). The normalized spacial score (nSPS) is 11.1. The Kier molecular flexibility index (Phi) is 4.71. The minimum absolute atomic E-state index is 0.214. The van der Waals surface area contributed by atoms with Gasteiger partial charge in [-0.25, -0.2) is 13.8 Å². The van der Waals surface area contributed by atoms with Crippen LogP contribution in [0.25, 0.3) is 0 Å². The zero-order valence-electron chi connectivity index (χ0n) is 8.09. The van der Waals surface area contributed by atoms with Crippen LogP contribution in [0.4, 0.5) is 14.5 Å². The van der Waals surface area contributed by atoms with Crippen LogP contribution in [0.15, 0.2) is 21.6 Å². The van der Waals surface area contributed by atoms with E-state index in [0.717, 1.165) is 12.1 Å². The Labute approximate surface area is 104 Å². The molecule has 16 heavy (non-hydrogen) atoms. The van der Waals surface area contributed by atoms with Gasteiger partial charge < -0.3 is 0 Å². The Hall–Kier alpha value is -1.13. The fourth-order valence-corrected chi connectivity index (χ4v) is 1.62. The van der Waals surface area contributed by atoms with E-state index in [1.165, 1.54) is 11.8 Å². The van der Waals surface area contributed by atoms with Gasteiger partial charge in [0.25, 0.3) is 0 Å². The lowest BCUT2D eigenvalue weighted by atomic mass is 10.3. The van der Waals surface area contributed by atoms with Gasteiger partial charge in [-0.2, -0.15) is 5.26 Å². The maximum absolute atomic E-state index is 12.9. The number of thioether (sulfide) groups is 1. The summed E-state index contributed by atoms with van der Waals surface area (Å²) in [5.74, 6) is -1.94. The van der Waals surface area contributed by atoms with Crippen molar-refractivity contribution in [1.29, 1.82) is 5.26 Å². The molecule has 0 aromatic heterocycles. The van der Waals surface area contributed by atoms with E-state index in [1.807, 2.05) is 0 Å². The van der Waals surface area contributed by atoms with Crippen molar-refractivity contribution < 1.29 is 8.78 Å². The lowest BCUT2D eigenvalue weighted by Crippen LogP contribution is -2.12. The number of hydrogen-bond acceptors (Lipinski definition) is 3. The molecule has 0 spiro atoms. The molecule has 0 atom stereocenters. The van der Waals surface area contributed by atoms with Crippen LogP contribution in [0.2, 0.25) is 0 Å². The SMILES string of the molecule is CSC(=Nc1cc(F)c(F)cc1Br)NC#N. The molecule has 7 heteroatoms. The van der Waals surface area contributed by atoms with Gasteiger partial charge in [-0.3, -0.25) is 5.32 Å². The number of hydrogen-bond donors (Lipinski definition) is 1. The molecule has 0 unspecified atom stereocenters. The van der Waals surface area contributed by atoms with Crippen LogP contribution in [0.1, 0.15) is 0 Å². The monoisotopic (exact) mass is 305 g/mol. The van der Waals surface area contributed by atoms with Crippen molar-refractivity contribution in [3.63, 3.8) is 0 Å². The summed E-state index contributed by atoms with van der Waals surface area (Å²) in [6.07, 6.45) is 3.40. The summed E-state index contributed by atoms with van der Waals surface area (Å²) in [4.78, 5) is 3.96. The van der Waals surface area contributed by atoms with E-state index < -0.39 is 11.6 Å². The highest BCUT2D eigenvalue weighted by atomic mass is 79.9. The van der Waals surface area contributed by atoms with E-state index >= 15 is 0 Å². The summed E-state index contributed by atoms with van der Waals surface area (Å²) >= 11 is 4.24. The minimum atomic E-state index is -0.987. The van der Waals surface area contributed by atoms with Gasteiger partial charge >= 0.3 is 0 Å². The van der Waals surface area contributed by atoms with Crippen LogP contribution in [0.3, 0.4) is 0 Å². The van der Waals surface area contributed by atoms with Crippen molar-refractivity contribution in [2.45, 2.75) is 0 Å². The molecule has 0 aliphatic rings. The largest absolute Gasteiger partial charge is 0.271 e. The summed E-state index contributed by atoms with van der Waals surface area (Å²) in [6.45, 7) is 0. The third kappa shape index (κ3) is 3.18. The summed E-state index contributed by atoms with van der Waals surface area (Å²) in [6, 6.07) is 1.94. The number of aliphatic imine (C=N–C) groups is 1. The van der Waals surface area contributed by atoms with Gasteiger partial charge in [0, 0.05) is 10.5 Å². The third-order valence-electron chi connectivity index (χ3n) is 1.57. The Balaban J connectivity index is 3.14. The van der Waals surface area contributed by atoms with E-state index in [2.05, 4.69) is 26.2 Å². The summed E-state index contributed by atoms with van der Waals surface area (Å²) in [5, 5.41) is 11.0. The van der Waals surface area contributed by atoms with Crippen molar-refractivity contribution in [1.82, 2.24) is 5.32 Å². The molecule has 0 radical (unpaired) electrons. The average molecular weight is 306 g/mol. The molecule has 0 aliphatic carbocycles. The standard InChI is InChI=1S/C9H6BrF2N3S/c1-16-9(14-4-13)15-8-3-7(12)6(11)2-5(8)10/h2-3H,1H3,(H,14,15). The van der Waals surface area contributed by atoms with Crippen LogP contribution < -0.4 is 5.32 Å². The first-order valence-electron chi connectivity index (χ1n) is 4.00. The highest BCUT2D eigenvalue weighted by Gasteiger charge is 2.08. The second kappa shape index (κ2) is 5.82. The quantitative estimate of drug-likeness (QED) is 0.285. The van der Waals surface area contributed by atoms with Crippen molar-refractivity contribution in [2.75, 3.05) is 6.26 Å². The van der Waals surface area contributed by atoms with E-state index in [1.54, 1.807) is 12.4 Å². The maximum Gasteiger partial charge on any atom is 0.183 e. The van der Waals surface area contributed by atoms with Crippen LogP contribution in [-0.2, 0) is 0 Å². The summed E-state index contributed by atoms with van der Waals surface area (Å²) in [7, 11) is 0. The highest BCUT2D eigenvalue weighted by molar-refractivity contribution is 9.10. The second-order valence-corrected chi connectivity index (χ2v) is 4.22. The fraction of sp³-hybridized carbons (Fsp3) is 0.111. The van der Waals surface area contributed by atoms with Crippen molar-refractivity contribution in [2.24, 2.45) is 4.99 Å². The zero-order valence-corrected chi connectivity index (χ0v) is 10.5. The molecule has 84 valence electrons. The maximum atomic E-state index is 12.9. The van der Waals surface area contributed by atoms with E-state index in [9.17, 15) is 8.78 Å². The van der Waals surface area contributed by atoms with Crippen molar-refractivity contribution >= 4 is 38.5 Å². The fourth-order valence-electron chi connectivity index (χ4n) is 0.880. The Bertz CT molecular complexity index is 471. The van der Waals surface area contributed by atoms with Gasteiger partial charge in [0.1, 0.15) is 0 Å². The summed E-state index contributed by atoms with van der Waals surface area (Å²) < 4.78 is 26.1. The van der Waals surface area contributed by atoms with Crippen molar-refractivity contribution in [3.8, 4) is 6.19 Å². The van der Waals surface area contributed by atoms with Gasteiger partial charge in [0.15, 0.2) is 23.0 Å². The molecular weight excluding hydrogens is 300 g/mol. The molecule has 1 aromatic carbocycles. The lowest BCUT2D eigenvalue weighted by Gasteiger charge is -2.02. The number of nitrogens with zero attached hydrogens (tertiary/aromatic N) is 2. The second-order valence-electron chi connectivity index (χ2n) is 2.58. The third-order valence-corrected chi connectivity index (χ3v) is 2.78. The molecule has 1 N–H and O–H groups in total. The predicted molar refractivity (Wildman–Crippen MR) is 63.4 cm³/mol. The van der Waals surface area contributed by atoms with E-state index in [0.29, 0.717) is 9.64 Å². The van der Waals surface area contributed by atoms with Gasteiger partial charge in [-0.15, -0.1) is 0 Å².